The zero-order valence-electron chi connectivity index (χ0n) is 10.4. The van der Waals surface area contributed by atoms with Crippen molar-refractivity contribution in [3.63, 3.8) is 0 Å². The van der Waals surface area contributed by atoms with Crippen molar-refractivity contribution in [3.05, 3.63) is 24.3 Å². The van der Waals surface area contributed by atoms with Crippen LogP contribution in [-0.4, -0.2) is 13.9 Å². The summed E-state index contributed by atoms with van der Waals surface area (Å²) in [6.45, 7) is 10.0. The van der Waals surface area contributed by atoms with E-state index in [1.807, 2.05) is 52.7 Å². The number of rotatable bonds is 1. The Bertz CT molecular complexity index is 215. The molecule has 0 amide bonds. The van der Waals surface area contributed by atoms with Gasteiger partial charge >= 0.3 is 0 Å². The first-order valence-electron chi connectivity index (χ1n) is 5.01. The van der Waals surface area contributed by atoms with E-state index in [-0.39, 0.29) is 0 Å². The highest BCUT2D eigenvalue weighted by Gasteiger charge is 1.87. The van der Waals surface area contributed by atoms with E-state index in [0.29, 0.717) is 0 Å². The van der Waals surface area contributed by atoms with Gasteiger partial charge in [0.2, 0.25) is 0 Å². The molecule has 0 aromatic heterocycles. The van der Waals surface area contributed by atoms with Gasteiger partial charge in [0.05, 0.1) is 7.11 Å². The van der Waals surface area contributed by atoms with E-state index in [9.17, 15) is 0 Å². The van der Waals surface area contributed by atoms with Crippen LogP contribution >= 0.6 is 0 Å². The van der Waals surface area contributed by atoms with Crippen LogP contribution in [-0.2, 0) is 4.79 Å². The maximum Gasteiger partial charge on any atom is 0.120 e. The van der Waals surface area contributed by atoms with E-state index in [1.165, 1.54) is 0 Å². The monoisotopic (exact) mass is 213 g/mol. The number of anilines is 1. The van der Waals surface area contributed by atoms with Crippen LogP contribution in [0.5, 0.6) is 5.75 Å². The zero-order valence-corrected chi connectivity index (χ0v) is 10.4. The first-order valence-corrected chi connectivity index (χ1v) is 5.01. The van der Waals surface area contributed by atoms with Gasteiger partial charge in [-0.3, -0.25) is 0 Å². The van der Waals surface area contributed by atoms with Gasteiger partial charge in [0.1, 0.15) is 12.5 Å². The number of ether oxygens (including phenoxy) is 1. The molecule has 3 heteroatoms. The van der Waals surface area contributed by atoms with Gasteiger partial charge < -0.3 is 15.3 Å². The molecule has 0 aliphatic heterocycles. The normalized spacial score (nSPS) is 6.47. The number of methoxy groups -OCH3 is 1. The molecule has 0 aliphatic carbocycles. The highest BCUT2D eigenvalue weighted by atomic mass is 16.5. The lowest BCUT2D eigenvalue weighted by Crippen LogP contribution is -1.86. The Morgan fingerprint density at radius 1 is 1.13 bits per heavy atom. The highest BCUT2D eigenvalue weighted by Crippen LogP contribution is 2.12. The molecule has 1 aromatic carbocycles. The van der Waals surface area contributed by atoms with Crippen molar-refractivity contribution >= 4 is 12.5 Å². The fourth-order valence-corrected chi connectivity index (χ4v) is 0.642. The third-order valence-corrected chi connectivity index (χ3v) is 1.09. The summed E-state index contributed by atoms with van der Waals surface area (Å²) >= 11 is 0. The lowest BCUT2D eigenvalue weighted by Gasteiger charge is -1.97. The molecule has 1 rings (SSSR count). The van der Waals surface area contributed by atoms with Gasteiger partial charge in [0.25, 0.3) is 0 Å². The summed E-state index contributed by atoms with van der Waals surface area (Å²) in [5.74, 6) is 0.801. The van der Waals surface area contributed by atoms with E-state index < -0.39 is 0 Å². The Kier molecular flexibility index (Phi) is 23.3. The summed E-state index contributed by atoms with van der Waals surface area (Å²) < 4.78 is 4.92. The van der Waals surface area contributed by atoms with Crippen LogP contribution in [0.25, 0.3) is 0 Å². The molecule has 88 valence electrons. The molecule has 0 atom stereocenters. The van der Waals surface area contributed by atoms with Gasteiger partial charge in [-0.1, -0.05) is 33.8 Å². The molecular weight excluding hydrogens is 190 g/mol. The average molecular weight is 213 g/mol. The number of nitrogens with two attached hydrogens (primary N) is 1. The van der Waals surface area contributed by atoms with E-state index in [4.69, 9.17) is 15.3 Å². The molecule has 0 aliphatic rings. The van der Waals surface area contributed by atoms with E-state index >= 15 is 0 Å². The standard InChI is InChI=1S/C7H9NO.2C2H6.CH2O/c1-9-7-4-2-3-6(8)5-7;3*1-2/h2-5H,8H2,1H3;2*1-2H3;1H2. The van der Waals surface area contributed by atoms with Crippen molar-refractivity contribution in [1.82, 2.24) is 0 Å². The van der Waals surface area contributed by atoms with Crippen molar-refractivity contribution < 1.29 is 9.53 Å². The fraction of sp³-hybridized carbons (Fsp3) is 0.417. The minimum Gasteiger partial charge on any atom is -0.497 e. The zero-order chi connectivity index (χ0) is 12.7. The SMILES string of the molecule is C=O.CC.CC.COc1cccc(N)c1. The first kappa shape index (κ1) is 19.1. The number of carbonyl (C=O) groups is 1. The largest absolute Gasteiger partial charge is 0.497 e. The van der Waals surface area contributed by atoms with Crippen LogP contribution in [0.4, 0.5) is 5.69 Å². The predicted molar refractivity (Wildman–Crippen MR) is 67.2 cm³/mol. The van der Waals surface area contributed by atoms with Gasteiger partial charge in [0.15, 0.2) is 0 Å². The van der Waals surface area contributed by atoms with Crippen molar-refractivity contribution in [2.75, 3.05) is 12.8 Å². The van der Waals surface area contributed by atoms with Crippen molar-refractivity contribution in [2.24, 2.45) is 0 Å². The quantitative estimate of drug-likeness (QED) is 0.729. The molecule has 0 spiro atoms. The van der Waals surface area contributed by atoms with Crippen LogP contribution < -0.4 is 10.5 Å². The molecule has 0 fully saturated rings. The molecular formula is C12H23NO2. The van der Waals surface area contributed by atoms with Gasteiger partial charge in [0, 0.05) is 11.8 Å². The van der Waals surface area contributed by atoms with E-state index in [0.717, 1.165) is 11.4 Å². The first-order chi connectivity index (χ1) is 7.33. The summed E-state index contributed by atoms with van der Waals surface area (Å²) in [5.41, 5.74) is 6.19. The van der Waals surface area contributed by atoms with Gasteiger partial charge in [-0.05, 0) is 12.1 Å². The van der Waals surface area contributed by atoms with Crippen molar-refractivity contribution in [3.8, 4) is 5.75 Å². The van der Waals surface area contributed by atoms with Crippen LogP contribution in [0.15, 0.2) is 24.3 Å². The van der Waals surface area contributed by atoms with Crippen LogP contribution in [0.2, 0.25) is 0 Å². The number of nitrogen functional groups attached to an aromatic ring is 1. The lowest BCUT2D eigenvalue weighted by atomic mass is 10.3. The minimum atomic E-state index is 0.731. The van der Waals surface area contributed by atoms with Gasteiger partial charge in [-0.15, -0.1) is 0 Å². The minimum absolute atomic E-state index is 0.731. The summed E-state index contributed by atoms with van der Waals surface area (Å²) in [7, 11) is 1.62. The molecule has 0 heterocycles. The molecule has 2 N–H and O–H groups in total. The van der Waals surface area contributed by atoms with Crippen LogP contribution in [0.3, 0.4) is 0 Å². The second kappa shape index (κ2) is 18.3. The Morgan fingerprint density at radius 3 is 1.87 bits per heavy atom. The van der Waals surface area contributed by atoms with Crippen molar-refractivity contribution in [2.45, 2.75) is 27.7 Å². The predicted octanol–water partition coefficient (Wildman–Crippen LogP) is 3.14. The smallest absolute Gasteiger partial charge is 0.120 e. The Balaban J connectivity index is -0.000000208. The third-order valence-electron chi connectivity index (χ3n) is 1.09. The van der Waals surface area contributed by atoms with Crippen LogP contribution in [0.1, 0.15) is 27.7 Å². The molecule has 0 saturated carbocycles. The number of benzene rings is 1. The molecule has 0 radical (unpaired) electrons. The highest BCUT2D eigenvalue weighted by molar-refractivity contribution is 5.43. The second-order valence-corrected chi connectivity index (χ2v) is 1.78. The van der Waals surface area contributed by atoms with E-state index in [2.05, 4.69) is 0 Å². The molecule has 15 heavy (non-hydrogen) atoms. The molecule has 0 unspecified atom stereocenters. The average Bonchev–Trinajstić information content (AvgIpc) is 2.36. The molecule has 1 aromatic rings. The van der Waals surface area contributed by atoms with E-state index in [1.54, 1.807) is 13.2 Å². The summed E-state index contributed by atoms with van der Waals surface area (Å²) in [6.07, 6.45) is 0. The number of carbonyl (C=O) groups excluding carboxylic acids is 1. The maximum absolute atomic E-state index is 8.00. The van der Waals surface area contributed by atoms with Crippen molar-refractivity contribution in [1.29, 1.82) is 0 Å². The molecule has 3 nitrogen and oxygen atoms in total. The Hall–Kier alpha value is -1.51. The number of hydrogen-bond acceptors (Lipinski definition) is 3. The summed E-state index contributed by atoms with van der Waals surface area (Å²) in [5, 5.41) is 0. The lowest BCUT2D eigenvalue weighted by molar-refractivity contribution is -0.0979. The van der Waals surface area contributed by atoms with Gasteiger partial charge in [-0.25, -0.2) is 0 Å². The summed E-state index contributed by atoms with van der Waals surface area (Å²) in [6, 6.07) is 7.31. The molecule has 0 bridgehead atoms. The van der Waals surface area contributed by atoms with Crippen LogP contribution in [0, 0.1) is 0 Å². The second-order valence-electron chi connectivity index (χ2n) is 1.78. The number of hydrogen-bond donors (Lipinski definition) is 1. The molecule has 0 saturated heterocycles. The third kappa shape index (κ3) is 12.5. The Labute approximate surface area is 93.3 Å². The fourth-order valence-electron chi connectivity index (χ4n) is 0.642. The topological polar surface area (TPSA) is 52.3 Å². The summed E-state index contributed by atoms with van der Waals surface area (Å²) in [4.78, 5) is 8.00. The van der Waals surface area contributed by atoms with Gasteiger partial charge in [-0.2, -0.15) is 0 Å². The Morgan fingerprint density at radius 2 is 1.60 bits per heavy atom. The maximum atomic E-state index is 8.00.